The van der Waals surface area contributed by atoms with E-state index in [4.69, 9.17) is 11.6 Å². The Morgan fingerprint density at radius 2 is 2.00 bits per heavy atom. The lowest BCUT2D eigenvalue weighted by molar-refractivity contribution is 1.22. The number of amidine groups is 1. The maximum Gasteiger partial charge on any atom is 0.150 e. The Balaban J connectivity index is 3.14. The Morgan fingerprint density at radius 3 is 2.55 bits per heavy atom. The number of hydrogen-bond donors (Lipinski definition) is 2. The Bertz CT molecular complexity index is 278. The van der Waals surface area contributed by atoms with Crippen LogP contribution in [0.2, 0.25) is 0 Å². The van der Waals surface area contributed by atoms with Crippen molar-refractivity contribution < 1.29 is 0 Å². The third kappa shape index (κ3) is 1.49. The van der Waals surface area contributed by atoms with Crippen molar-refractivity contribution in [1.82, 2.24) is 0 Å². The molecular formula is C8H11N3. The van der Waals surface area contributed by atoms with Crippen LogP contribution < -0.4 is 11.6 Å². The van der Waals surface area contributed by atoms with Gasteiger partial charge in [0.05, 0.1) is 0 Å². The van der Waals surface area contributed by atoms with Gasteiger partial charge in [0.1, 0.15) is 0 Å². The normalized spacial score (nSPS) is 11.5. The van der Waals surface area contributed by atoms with Gasteiger partial charge in [-0.1, -0.05) is 24.3 Å². The molecule has 0 bridgehead atoms. The second kappa shape index (κ2) is 3.05. The number of rotatable bonds is 1. The van der Waals surface area contributed by atoms with Gasteiger partial charge >= 0.3 is 0 Å². The van der Waals surface area contributed by atoms with Gasteiger partial charge in [-0.2, -0.15) is 5.10 Å². The highest BCUT2D eigenvalue weighted by atomic mass is 15.2. The number of hydrazone groups is 1. The zero-order chi connectivity index (χ0) is 8.27. The summed E-state index contributed by atoms with van der Waals surface area (Å²) in [5.74, 6) is 5.41. The van der Waals surface area contributed by atoms with E-state index in [0.29, 0.717) is 5.84 Å². The fourth-order valence-corrected chi connectivity index (χ4v) is 0.930. The van der Waals surface area contributed by atoms with Crippen molar-refractivity contribution in [3.05, 3.63) is 35.4 Å². The SMILES string of the molecule is Cc1ccccc1/C(N)=N/N. The fourth-order valence-electron chi connectivity index (χ4n) is 0.930. The quantitative estimate of drug-likeness (QED) is 0.265. The first-order valence-electron chi connectivity index (χ1n) is 3.35. The molecule has 3 nitrogen and oxygen atoms in total. The fraction of sp³-hybridized carbons (Fsp3) is 0.125. The van der Waals surface area contributed by atoms with E-state index in [2.05, 4.69) is 5.10 Å². The van der Waals surface area contributed by atoms with Gasteiger partial charge in [0.15, 0.2) is 5.84 Å². The minimum absolute atomic E-state index is 0.378. The molecule has 1 aromatic rings. The zero-order valence-corrected chi connectivity index (χ0v) is 6.41. The minimum atomic E-state index is 0.378. The second-order valence-electron chi connectivity index (χ2n) is 2.33. The number of benzene rings is 1. The number of aryl methyl sites for hydroxylation is 1. The Morgan fingerprint density at radius 1 is 1.36 bits per heavy atom. The summed E-state index contributed by atoms with van der Waals surface area (Å²) in [6, 6.07) is 7.71. The van der Waals surface area contributed by atoms with Gasteiger partial charge in [-0.15, -0.1) is 0 Å². The van der Waals surface area contributed by atoms with Crippen LogP contribution in [0.5, 0.6) is 0 Å². The van der Waals surface area contributed by atoms with Gasteiger partial charge in [0, 0.05) is 5.56 Å². The molecule has 0 aliphatic rings. The monoisotopic (exact) mass is 149 g/mol. The van der Waals surface area contributed by atoms with Crippen LogP contribution in [0.4, 0.5) is 0 Å². The molecule has 0 saturated heterocycles. The molecule has 0 spiro atoms. The van der Waals surface area contributed by atoms with Gasteiger partial charge < -0.3 is 11.6 Å². The summed E-state index contributed by atoms with van der Waals surface area (Å²) in [4.78, 5) is 0. The molecule has 0 saturated carbocycles. The van der Waals surface area contributed by atoms with E-state index >= 15 is 0 Å². The predicted molar refractivity (Wildman–Crippen MR) is 46.1 cm³/mol. The average molecular weight is 149 g/mol. The standard InChI is InChI=1S/C8H11N3/c1-6-4-2-3-5-7(6)8(9)11-10/h2-5H,10H2,1H3,(H2,9,11). The molecule has 11 heavy (non-hydrogen) atoms. The molecule has 0 atom stereocenters. The molecule has 0 radical (unpaired) electrons. The van der Waals surface area contributed by atoms with Gasteiger partial charge in [0.25, 0.3) is 0 Å². The lowest BCUT2D eigenvalue weighted by Crippen LogP contribution is -2.16. The topological polar surface area (TPSA) is 64.4 Å². The van der Waals surface area contributed by atoms with Crippen LogP contribution in [0, 0.1) is 6.92 Å². The van der Waals surface area contributed by atoms with Gasteiger partial charge in [-0.05, 0) is 12.5 Å². The van der Waals surface area contributed by atoms with Crippen LogP contribution in [0.15, 0.2) is 29.4 Å². The molecule has 0 aliphatic heterocycles. The summed E-state index contributed by atoms with van der Waals surface area (Å²) >= 11 is 0. The lowest BCUT2D eigenvalue weighted by atomic mass is 10.1. The summed E-state index contributed by atoms with van der Waals surface area (Å²) in [5.41, 5.74) is 7.50. The summed E-state index contributed by atoms with van der Waals surface area (Å²) in [6.45, 7) is 1.97. The largest absolute Gasteiger partial charge is 0.382 e. The first-order valence-corrected chi connectivity index (χ1v) is 3.35. The highest BCUT2D eigenvalue weighted by Crippen LogP contribution is 2.05. The van der Waals surface area contributed by atoms with Crippen molar-refractivity contribution in [1.29, 1.82) is 0 Å². The highest BCUT2D eigenvalue weighted by Gasteiger charge is 1.99. The smallest absolute Gasteiger partial charge is 0.150 e. The van der Waals surface area contributed by atoms with Crippen molar-refractivity contribution in [2.75, 3.05) is 0 Å². The van der Waals surface area contributed by atoms with Crippen molar-refractivity contribution in [3.63, 3.8) is 0 Å². The number of hydrogen-bond acceptors (Lipinski definition) is 2. The van der Waals surface area contributed by atoms with E-state index in [0.717, 1.165) is 11.1 Å². The van der Waals surface area contributed by atoms with E-state index in [1.54, 1.807) is 0 Å². The Hall–Kier alpha value is -1.51. The molecule has 1 aromatic carbocycles. The lowest BCUT2D eigenvalue weighted by Gasteiger charge is -2.01. The van der Waals surface area contributed by atoms with Crippen molar-refractivity contribution in [3.8, 4) is 0 Å². The van der Waals surface area contributed by atoms with Crippen LogP contribution in [0.3, 0.4) is 0 Å². The van der Waals surface area contributed by atoms with E-state index in [1.165, 1.54) is 0 Å². The minimum Gasteiger partial charge on any atom is -0.382 e. The molecule has 0 aliphatic carbocycles. The van der Waals surface area contributed by atoms with Gasteiger partial charge in [0.2, 0.25) is 0 Å². The summed E-state index contributed by atoms with van der Waals surface area (Å²) in [5, 5.41) is 3.41. The van der Waals surface area contributed by atoms with Gasteiger partial charge in [-0.3, -0.25) is 0 Å². The first-order chi connectivity index (χ1) is 5.25. The molecule has 0 amide bonds. The molecule has 1 rings (SSSR count). The summed E-state index contributed by atoms with van der Waals surface area (Å²) < 4.78 is 0. The van der Waals surface area contributed by atoms with Crippen molar-refractivity contribution >= 4 is 5.84 Å². The third-order valence-corrected chi connectivity index (χ3v) is 1.56. The van der Waals surface area contributed by atoms with Crippen molar-refractivity contribution in [2.24, 2.45) is 16.7 Å². The molecule has 0 aromatic heterocycles. The highest BCUT2D eigenvalue weighted by molar-refractivity contribution is 5.98. The molecule has 0 fully saturated rings. The Kier molecular flexibility index (Phi) is 2.11. The molecule has 3 heteroatoms. The van der Waals surface area contributed by atoms with E-state index < -0.39 is 0 Å². The molecule has 0 unspecified atom stereocenters. The van der Waals surface area contributed by atoms with E-state index in [1.807, 2.05) is 31.2 Å². The zero-order valence-electron chi connectivity index (χ0n) is 6.41. The van der Waals surface area contributed by atoms with Crippen molar-refractivity contribution in [2.45, 2.75) is 6.92 Å². The molecular weight excluding hydrogens is 138 g/mol. The number of nitrogens with zero attached hydrogens (tertiary/aromatic N) is 1. The Labute approximate surface area is 65.7 Å². The van der Waals surface area contributed by atoms with Crippen LogP contribution >= 0.6 is 0 Å². The molecule has 4 N–H and O–H groups in total. The molecule has 0 heterocycles. The molecule has 58 valence electrons. The second-order valence-corrected chi connectivity index (χ2v) is 2.33. The van der Waals surface area contributed by atoms with Crippen LogP contribution in [0.25, 0.3) is 0 Å². The van der Waals surface area contributed by atoms with Crippen LogP contribution in [0.1, 0.15) is 11.1 Å². The van der Waals surface area contributed by atoms with E-state index in [9.17, 15) is 0 Å². The van der Waals surface area contributed by atoms with Gasteiger partial charge in [-0.25, -0.2) is 0 Å². The summed E-state index contributed by atoms with van der Waals surface area (Å²) in [7, 11) is 0. The summed E-state index contributed by atoms with van der Waals surface area (Å²) in [6.07, 6.45) is 0. The maximum atomic E-state index is 5.52. The van der Waals surface area contributed by atoms with Crippen LogP contribution in [-0.2, 0) is 0 Å². The predicted octanol–water partition coefficient (Wildman–Crippen LogP) is 0.574. The maximum absolute atomic E-state index is 5.52. The average Bonchev–Trinajstić information content (AvgIpc) is 2.04. The number of nitrogens with two attached hydrogens (primary N) is 2. The first kappa shape index (κ1) is 7.60. The van der Waals surface area contributed by atoms with Crippen LogP contribution in [-0.4, -0.2) is 5.84 Å². The third-order valence-electron chi connectivity index (χ3n) is 1.56. The van der Waals surface area contributed by atoms with E-state index in [-0.39, 0.29) is 0 Å².